The molecule has 0 amide bonds. The Bertz CT molecular complexity index is 349. The number of hydrogen-bond acceptors (Lipinski definition) is 2. The quantitative estimate of drug-likeness (QED) is 0.762. The average molecular weight is 293 g/mol. The highest BCUT2D eigenvalue weighted by molar-refractivity contribution is 5.82. The second kappa shape index (κ2) is 6.81. The van der Waals surface area contributed by atoms with Gasteiger partial charge in [0.05, 0.1) is 0 Å². The zero-order valence-corrected chi connectivity index (χ0v) is 14.8. The molecule has 2 atom stereocenters. The molecule has 2 nitrogen and oxygen atoms in total. The third-order valence-corrected chi connectivity index (χ3v) is 6.11. The van der Waals surface area contributed by atoms with E-state index >= 15 is 0 Å². The molecule has 0 aromatic carbocycles. The summed E-state index contributed by atoms with van der Waals surface area (Å²) in [5.41, 5.74) is 0.345. The van der Waals surface area contributed by atoms with Crippen molar-refractivity contribution in [2.75, 3.05) is 13.6 Å². The van der Waals surface area contributed by atoms with E-state index in [0.29, 0.717) is 23.2 Å². The summed E-state index contributed by atoms with van der Waals surface area (Å²) in [6.45, 7) is 10.4. The Morgan fingerprint density at radius 1 is 1.10 bits per heavy atom. The Labute approximate surface area is 131 Å². The lowest BCUT2D eigenvalue weighted by atomic mass is 9.68. The fraction of sp³-hybridized carbons (Fsp3) is 0.947. The highest BCUT2D eigenvalue weighted by Gasteiger charge is 2.36. The molecular weight excluding hydrogens is 258 g/mol. The zero-order valence-electron chi connectivity index (χ0n) is 14.8. The fourth-order valence-corrected chi connectivity index (χ4v) is 4.26. The molecular formula is C19H35NO. The van der Waals surface area contributed by atoms with Gasteiger partial charge < -0.3 is 4.90 Å². The maximum Gasteiger partial charge on any atom is 0.137 e. The van der Waals surface area contributed by atoms with Gasteiger partial charge in [-0.15, -0.1) is 0 Å². The van der Waals surface area contributed by atoms with Crippen LogP contribution in [0.5, 0.6) is 0 Å². The van der Waals surface area contributed by atoms with Crippen molar-refractivity contribution in [3.05, 3.63) is 0 Å². The summed E-state index contributed by atoms with van der Waals surface area (Å²) < 4.78 is 0. The zero-order chi connectivity index (χ0) is 15.6. The molecule has 2 aliphatic carbocycles. The van der Waals surface area contributed by atoms with Crippen LogP contribution in [0.2, 0.25) is 0 Å². The van der Waals surface area contributed by atoms with E-state index in [1.54, 1.807) is 0 Å². The van der Waals surface area contributed by atoms with Gasteiger partial charge in [-0.3, -0.25) is 4.79 Å². The van der Waals surface area contributed by atoms with Gasteiger partial charge in [0, 0.05) is 24.9 Å². The van der Waals surface area contributed by atoms with Crippen molar-refractivity contribution >= 4 is 5.78 Å². The minimum atomic E-state index is 0.285. The van der Waals surface area contributed by atoms with Crippen LogP contribution < -0.4 is 0 Å². The highest BCUT2D eigenvalue weighted by atomic mass is 16.1. The standard InChI is InChI=1S/C19H35NO/c1-14-6-9-17(10-7-14)20(5)13-15-12-16(19(2,3)4)8-11-18(15)21/h14-17H,6-13H2,1-5H3. The highest BCUT2D eigenvalue weighted by Crippen LogP contribution is 2.39. The van der Waals surface area contributed by atoms with Crippen LogP contribution in [0.25, 0.3) is 0 Å². The molecule has 122 valence electrons. The van der Waals surface area contributed by atoms with Crippen LogP contribution in [-0.4, -0.2) is 30.3 Å². The lowest BCUT2D eigenvalue weighted by molar-refractivity contribution is -0.127. The van der Waals surface area contributed by atoms with Crippen LogP contribution in [0.15, 0.2) is 0 Å². The molecule has 2 aliphatic rings. The molecule has 0 aromatic heterocycles. The fourth-order valence-electron chi connectivity index (χ4n) is 4.26. The van der Waals surface area contributed by atoms with Crippen molar-refractivity contribution in [3.8, 4) is 0 Å². The second-order valence-electron chi connectivity index (χ2n) is 8.85. The molecule has 0 N–H and O–H groups in total. The van der Waals surface area contributed by atoms with Crippen LogP contribution >= 0.6 is 0 Å². The van der Waals surface area contributed by atoms with Gasteiger partial charge in [0.15, 0.2) is 0 Å². The molecule has 0 spiro atoms. The predicted molar refractivity (Wildman–Crippen MR) is 89.3 cm³/mol. The van der Waals surface area contributed by atoms with Crippen molar-refractivity contribution in [1.82, 2.24) is 4.90 Å². The molecule has 0 aliphatic heterocycles. The third kappa shape index (κ3) is 4.55. The molecule has 0 heterocycles. The normalized spacial score (nSPS) is 35.2. The van der Waals surface area contributed by atoms with E-state index in [2.05, 4.69) is 39.6 Å². The number of Topliss-reactive ketones (excluding diaryl/α,β-unsaturated/α-hetero) is 1. The Hall–Kier alpha value is -0.370. The summed E-state index contributed by atoms with van der Waals surface area (Å²) in [5, 5.41) is 0. The van der Waals surface area contributed by atoms with Gasteiger partial charge in [-0.05, 0) is 62.8 Å². The molecule has 2 unspecified atom stereocenters. The van der Waals surface area contributed by atoms with E-state index in [0.717, 1.165) is 31.7 Å². The third-order valence-electron chi connectivity index (χ3n) is 6.11. The lowest BCUT2D eigenvalue weighted by Crippen LogP contribution is -2.42. The molecule has 0 saturated heterocycles. The first-order valence-electron chi connectivity index (χ1n) is 9.00. The maximum atomic E-state index is 12.3. The van der Waals surface area contributed by atoms with E-state index in [-0.39, 0.29) is 5.92 Å². The maximum absolute atomic E-state index is 12.3. The first-order valence-corrected chi connectivity index (χ1v) is 9.00. The van der Waals surface area contributed by atoms with Gasteiger partial charge in [0.25, 0.3) is 0 Å². The van der Waals surface area contributed by atoms with Crippen LogP contribution in [-0.2, 0) is 4.79 Å². The summed E-state index contributed by atoms with van der Waals surface area (Å²) in [5.74, 6) is 2.41. The Morgan fingerprint density at radius 2 is 1.71 bits per heavy atom. The molecule has 2 rings (SSSR count). The van der Waals surface area contributed by atoms with Crippen LogP contribution in [0, 0.1) is 23.2 Å². The molecule has 2 fully saturated rings. The summed E-state index contributed by atoms with van der Waals surface area (Å²) in [6, 6.07) is 0.712. The van der Waals surface area contributed by atoms with E-state index < -0.39 is 0 Å². The minimum absolute atomic E-state index is 0.285. The van der Waals surface area contributed by atoms with Crippen molar-refractivity contribution in [2.45, 2.75) is 78.7 Å². The number of nitrogens with zero attached hydrogens (tertiary/aromatic N) is 1. The summed E-state index contributed by atoms with van der Waals surface area (Å²) in [6.07, 6.45) is 8.38. The Balaban J connectivity index is 1.89. The van der Waals surface area contributed by atoms with Gasteiger partial charge in [-0.2, -0.15) is 0 Å². The first-order chi connectivity index (χ1) is 9.77. The number of carbonyl (C=O) groups is 1. The van der Waals surface area contributed by atoms with E-state index in [9.17, 15) is 4.79 Å². The minimum Gasteiger partial charge on any atom is -0.303 e. The predicted octanol–water partition coefficient (Wildman–Crippen LogP) is 4.53. The molecule has 2 heteroatoms. The monoisotopic (exact) mass is 293 g/mol. The molecule has 0 bridgehead atoms. The Morgan fingerprint density at radius 3 is 2.29 bits per heavy atom. The van der Waals surface area contributed by atoms with Gasteiger partial charge >= 0.3 is 0 Å². The first kappa shape index (κ1) is 17.0. The largest absolute Gasteiger partial charge is 0.303 e. The van der Waals surface area contributed by atoms with Gasteiger partial charge in [0.1, 0.15) is 5.78 Å². The van der Waals surface area contributed by atoms with E-state index in [1.807, 2.05) is 0 Å². The van der Waals surface area contributed by atoms with Crippen LogP contribution in [0.3, 0.4) is 0 Å². The van der Waals surface area contributed by atoms with Crippen LogP contribution in [0.4, 0.5) is 0 Å². The number of ketones is 1. The summed E-state index contributed by atoms with van der Waals surface area (Å²) in [7, 11) is 2.24. The topological polar surface area (TPSA) is 20.3 Å². The Kier molecular flexibility index (Phi) is 5.51. The SMILES string of the molecule is CC1CCC(N(C)CC2CC(C(C)(C)C)CCC2=O)CC1. The number of carbonyl (C=O) groups excluding carboxylic acids is 1. The van der Waals surface area contributed by atoms with Gasteiger partial charge in [-0.1, -0.05) is 27.7 Å². The lowest BCUT2D eigenvalue weighted by Gasteiger charge is -2.40. The molecule has 21 heavy (non-hydrogen) atoms. The summed E-state index contributed by atoms with van der Waals surface area (Å²) in [4.78, 5) is 14.8. The number of hydrogen-bond donors (Lipinski definition) is 0. The van der Waals surface area contributed by atoms with Crippen molar-refractivity contribution in [3.63, 3.8) is 0 Å². The van der Waals surface area contributed by atoms with Crippen molar-refractivity contribution < 1.29 is 4.79 Å². The molecule has 0 radical (unpaired) electrons. The smallest absolute Gasteiger partial charge is 0.137 e. The molecule has 2 saturated carbocycles. The number of rotatable bonds is 3. The summed E-state index contributed by atoms with van der Waals surface area (Å²) >= 11 is 0. The van der Waals surface area contributed by atoms with E-state index in [4.69, 9.17) is 0 Å². The van der Waals surface area contributed by atoms with Crippen molar-refractivity contribution in [2.24, 2.45) is 23.2 Å². The van der Waals surface area contributed by atoms with Crippen molar-refractivity contribution in [1.29, 1.82) is 0 Å². The van der Waals surface area contributed by atoms with Gasteiger partial charge in [-0.25, -0.2) is 0 Å². The molecule has 0 aromatic rings. The van der Waals surface area contributed by atoms with Gasteiger partial charge in [0.2, 0.25) is 0 Å². The average Bonchev–Trinajstić information content (AvgIpc) is 2.40. The second-order valence-corrected chi connectivity index (χ2v) is 8.85. The van der Waals surface area contributed by atoms with E-state index in [1.165, 1.54) is 25.7 Å². The van der Waals surface area contributed by atoms with Crippen LogP contribution in [0.1, 0.15) is 72.6 Å².